The maximum Gasteiger partial charge on any atom is 0.296 e. The lowest BCUT2D eigenvalue weighted by Gasteiger charge is -2.15. The van der Waals surface area contributed by atoms with Crippen molar-refractivity contribution in [2.75, 3.05) is 16.5 Å². The standard InChI is InChI=1S/C21H18ClN7O13S4/c1-9-2-3-12(14(4-9)45(37,38)39)28-29-17-15(46(40,41)42)6-10-5-11(44(34,35)36)7-13(16(10)18(17)30)24-21-26-19(22)25-20(27-21)23-8-43(31,32)33/h2-7,30H,8H2,1H3,(H,31,32,33)(H,34,35,36)(H,37,38,39)(H,40,41,42)(H2,23,24,25,26,27). The largest absolute Gasteiger partial charge is 0.505 e. The zero-order valence-electron chi connectivity index (χ0n) is 22.4. The van der Waals surface area contributed by atoms with E-state index in [0.29, 0.717) is 17.7 Å². The van der Waals surface area contributed by atoms with Gasteiger partial charge in [-0.1, -0.05) is 6.07 Å². The van der Waals surface area contributed by atoms with Gasteiger partial charge in [-0.05, 0) is 59.8 Å². The van der Waals surface area contributed by atoms with E-state index >= 15 is 0 Å². The van der Waals surface area contributed by atoms with Crippen molar-refractivity contribution in [3.63, 3.8) is 0 Å². The average molecular weight is 740 g/mol. The van der Waals surface area contributed by atoms with Crippen LogP contribution >= 0.6 is 11.6 Å². The van der Waals surface area contributed by atoms with Crippen molar-refractivity contribution in [1.29, 1.82) is 0 Å². The van der Waals surface area contributed by atoms with Crippen LogP contribution in [0.1, 0.15) is 5.56 Å². The van der Waals surface area contributed by atoms with Crippen molar-refractivity contribution in [2.45, 2.75) is 21.6 Å². The van der Waals surface area contributed by atoms with Crippen LogP contribution in [0, 0.1) is 6.92 Å². The van der Waals surface area contributed by atoms with E-state index in [9.17, 15) is 52.4 Å². The minimum Gasteiger partial charge on any atom is -0.505 e. The SMILES string of the molecule is Cc1ccc(N=Nc2c(S(=O)(=O)O)cc3cc(S(=O)(=O)O)cc(Nc4nc(Cl)nc(NCS(=O)(=O)O)n4)c3c2O)c(S(=O)(=O)O)c1. The van der Waals surface area contributed by atoms with E-state index < -0.39 is 112 Å². The van der Waals surface area contributed by atoms with Gasteiger partial charge in [-0.2, -0.15) is 48.6 Å². The zero-order valence-corrected chi connectivity index (χ0v) is 26.4. The molecular weight excluding hydrogens is 722 g/mol. The van der Waals surface area contributed by atoms with Crippen LogP contribution in [0.5, 0.6) is 5.75 Å². The Bertz CT molecular complexity index is 2390. The Morgan fingerprint density at radius 3 is 2.00 bits per heavy atom. The first-order valence-corrected chi connectivity index (χ1v) is 18.0. The van der Waals surface area contributed by atoms with Crippen LogP contribution in [-0.4, -0.2) is 77.8 Å². The van der Waals surface area contributed by atoms with E-state index in [1.165, 1.54) is 13.0 Å². The van der Waals surface area contributed by atoms with Crippen molar-refractivity contribution in [2.24, 2.45) is 10.2 Å². The summed E-state index contributed by atoms with van der Waals surface area (Å²) in [6.45, 7) is 1.49. The van der Waals surface area contributed by atoms with Gasteiger partial charge in [-0.3, -0.25) is 18.2 Å². The molecule has 0 aliphatic heterocycles. The minimum absolute atomic E-state index is 0.374. The van der Waals surface area contributed by atoms with Crippen LogP contribution in [0.25, 0.3) is 10.8 Å². The average Bonchev–Trinajstić information content (AvgIpc) is 2.89. The number of rotatable bonds is 10. The lowest BCUT2D eigenvalue weighted by molar-refractivity contribution is 0.472. The number of nitrogens with one attached hydrogen (secondary N) is 2. The van der Waals surface area contributed by atoms with E-state index in [2.05, 4.69) is 35.8 Å². The van der Waals surface area contributed by atoms with Gasteiger partial charge in [-0.25, -0.2) is 0 Å². The predicted octanol–water partition coefficient (Wildman–Crippen LogP) is 2.85. The van der Waals surface area contributed by atoms with Gasteiger partial charge in [0.2, 0.25) is 17.2 Å². The number of aromatic hydroxyl groups is 1. The van der Waals surface area contributed by atoms with Crippen LogP contribution in [0.2, 0.25) is 5.28 Å². The van der Waals surface area contributed by atoms with Gasteiger partial charge in [0.1, 0.15) is 27.0 Å². The number of phenols is 1. The number of hydrogen-bond acceptors (Lipinski definition) is 16. The molecule has 0 aliphatic carbocycles. The molecule has 3 aromatic carbocycles. The Morgan fingerprint density at radius 1 is 0.783 bits per heavy atom. The molecule has 0 fully saturated rings. The normalized spacial score (nSPS) is 12.9. The molecule has 46 heavy (non-hydrogen) atoms. The third-order valence-electron chi connectivity index (χ3n) is 5.62. The van der Waals surface area contributed by atoms with Gasteiger partial charge in [-0.15, -0.1) is 10.2 Å². The molecule has 1 heterocycles. The molecule has 1 aromatic heterocycles. The highest BCUT2D eigenvalue weighted by Crippen LogP contribution is 2.46. The van der Waals surface area contributed by atoms with E-state index in [4.69, 9.17) is 16.2 Å². The minimum atomic E-state index is -5.29. The van der Waals surface area contributed by atoms with Gasteiger partial charge < -0.3 is 15.7 Å². The molecule has 4 aromatic rings. The summed E-state index contributed by atoms with van der Waals surface area (Å²) in [5.41, 5.74) is -1.63. The summed E-state index contributed by atoms with van der Waals surface area (Å²) in [5, 5.41) is 21.6. The molecule has 0 amide bonds. The highest BCUT2D eigenvalue weighted by molar-refractivity contribution is 7.86. The fourth-order valence-electron chi connectivity index (χ4n) is 3.78. The van der Waals surface area contributed by atoms with Gasteiger partial charge in [0, 0.05) is 5.39 Å². The molecule has 25 heteroatoms. The molecule has 0 aliphatic rings. The topological polar surface area (TPSA) is 325 Å². The first-order chi connectivity index (χ1) is 21.0. The second-order valence-electron chi connectivity index (χ2n) is 9.02. The van der Waals surface area contributed by atoms with E-state index in [0.717, 1.165) is 18.2 Å². The molecule has 7 N–H and O–H groups in total. The van der Waals surface area contributed by atoms with Crippen LogP contribution in [-0.2, 0) is 40.5 Å². The van der Waals surface area contributed by atoms with Crippen molar-refractivity contribution >= 4 is 91.8 Å². The molecule has 246 valence electrons. The molecule has 20 nitrogen and oxygen atoms in total. The Kier molecular flexibility index (Phi) is 9.23. The van der Waals surface area contributed by atoms with Crippen molar-refractivity contribution in [3.8, 4) is 5.75 Å². The Morgan fingerprint density at radius 2 is 1.41 bits per heavy atom. The molecule has 0 spiro atoms. The van der Waals surface area contributed by atoms with Crippen LogP contribution < -0.4 is 10.6 Å². The number of hydrogen-bond donors (Lipinski definition) is 7. The highest BCUT2D eigenvalue weighted by Gasteiger charge is 2.26. The lowest BCUT2D eigenvalue weighted by atomic mass is 10.1. The number of aryl methyl sites for hydroxylation is 1. The summed E-state index contributed by atoms with van der Waals surface area (Å²) in [6, 6.07) is 5.55. The van der Waals surface area contributed by atoms with E-state index in [-0.39, 0.29) is 0 Å². The maximum atomic E-state index is 12.3. The monoisotopic (exact) mass is 739 g/mol. The summed E-state index contributed by atoms with van der Waals surface area (Å²) >= 11 is 5.85. The third-order valence-corrected chi connectivity index (χ3v) is 8.88. The summed E-state index contributed by atoms with van der Waals surface area (Å²) in [6.07, 6.45) is 0. The number of halogens is 1. The summed E-state index contributed by atoms with van der Waals surface area (Å²) in [4.78, 5) is 8.36. The molecule has 0 radical (unpaired) electrons. The molecule has 0 saturated carbocycles. The van der Waals surface area contributed by atoms with Gasteiger partial charge in [0.05, 0.1) is 10.6 Å². The summed E-state index contributed by atoms with van der Waals surface area (Å²) < 4.78 is 133. The maximum absolute atomic E-state index is 12.3. The van der Waals surface area contributed by atoms with Gasteiger partial charge in [0.25, 0.3) is 40.5 Å². The number of fused-ring (bicyclic) bond motifs is 1. The molecular formula is C21H18ClN7O13S4. The van der Waals surface area contributed by atoms with E-state index in [1.54, 1.807) is 0 Å². The molecule has 0 bridgehead atoms. The number of phenolic OH excluding ortho intramolecular Hbond substituents is 1. The fourth-order valence-corrected chi connectivity index (χ4v) is 6.16. The molecule has 0 unspecified atom stereocenters. The molecule has 0 saturated heterocycles. The molecule has 4 rings (SSSR count). The Balaban J connectivity index is 2.00. The molecule has 0 atom stereocenters. The number of nitrogens with zero attached hydrogens (tertiary/aromatic N) is 5. The van der Waals surface area contributed by atoms with Gasteiger partial charge >= 0.3 is 0 Å². The second-order valence-corrected chi connectivity index (χ2v) is 15.0. The van der Waals surface area contributed by atoms with Crippen LogP contribution in [0.15, 0.2) is 61.3 Å². The number of aromatic nitrogens is 3. The second kappa shape index (κ2) is 12.2. The lowest BCUT2D eigenvalue weighted by Crippen LogP contribution is -2.15. The van der Waals surface area contributed by atoms with Crippen molar-refractivity contribution in [1.82, 2.24) is 15.0 Å². The van der Waals surface area contributed by atoms with Crippen molar-refractivity contribution < 1.29 is 57.0 Å². The summed E-state index contributed by atoms with van der Waals surface area (Å²) in [7, 11) is -19.8. The van der Waals surface area contributed by atoms with Crippen LogP contribution in [0.4, 0.5) is 29.0 Å². The van der Waals surface area contributed by atoms with Crippen LogP contribution in [0.3, 0.4) is 0 Å². The van der Waals surface area contributed by atoms with Crippen molar-refractivity contribution in [3.05, 3.63) is 47.2 Å². The number of benzene rings is 3. The number of azo groups is 1. The quantitative estimate of drug-likeness (QED) is 0.0907. The fraction of sp³-hybridized carbons (Fsp3) is 0.0952. The smallest absolute Gasteiger partial charge is 0.296 e. The van der Waals surface area contributed by atoms with E-state index in [1.807, 2.05) is 0 Å². The number of anilines is 3. The van der Waals surface area contributed by atoms with Gasteiger partial charge in [0.15, 0.2) is 5.75 Å². The zero-order chi connectivity index (χ0) is 34.4. The first kappa shape index (κ1) is 34.7. The summed E-state index contributed by atoms with van der Waals surface area (Å²) in [5.74, 6) is -3.24. The first-order valence-electron chi connectivity index (χ1n) is 11.7. The third kappa shape index (κ3) is 8.17. The predicted molar refractivity (Wildman–Crippen MR) is 159 cm³/mol. The highest BCUT2D eigenvalue weighted by atomic mass is 35.5. The Labute approximate surface area is 264 Å². The Hall–Kier alpha value is -4.14.